The minimum absolute atomic E-state index is 0.0149. The monoisotopic (exact) mass is 358 g/mol. The molecule has 6 nitrogen and oxygen atoms in total. The van der Waals surface area contributed by atoms with E-state index in [-0.39, 0.29) is 11.7 Å². The van der Waals surface area contributed by atoms with E-state index in [1.807, 2.05) is 0 Å². The Bertz CT molecular complexity index is 728. The first-order chi connectivity index (χ1) is 11.3. The van der Waals surface area contributed by atoms with Gasteiger partial charge in [-0.2, -0.15) is 18.3 Å². The molecular weight excluding hydrogens is 345 g/mol. The molecule has 2 aromatic rings. The van der Waals surface area contributed by atoms with E-state index in [9.17, 15) is 18.0 Å². The zero-order valence-corrected chi connectivity index (χ0v) is 13.2. The summed E-state index contributed by atoms with van der Waals surface area (Å²) in [6.07, 6.45) is -5.09. The minimum Gasteiger partial charge on any atom is -0.450 e. The fourth-order valence-corrected chi connectivity index (χ4v) is 1.97. The van der Waals surface area contributed by atoms with Crippen LogP contribution in [0.1, 0.15) is 12.5 Å². The summed E-state index contributed by atoms with van der Waals surface area (Å²) in [6, 6.07) is 6.17. The summed E-state index contributed by atoms with van der Waals surface area (Å²) in [5, 5.41) is 11.5. The van der Waals surface area contributed by atoms with Gasteiger partial charge in [-0.25, -0.2) is 4.79 Å². The molecular formula is C14H13F3N4O2S. The first-order valence-corrected chi connectivity index (χ1v) is 7.18. The van der Waals surface area contributed by atoms with E-state index in [1.165, 1.54) is 12.1 Å². The number of benzene rings is 1. The maximum atomic E-state index is 12.5. The number of aromatic amines is 1. The second-order valence-electron chi connectivity index (χ2n) is 4.54. The van der Waals surface area contributed by atoms with E-state index in [2.05, 4.69) is 25.6 Å². The van der Waals surface area contributed by atoms with Crippen LogP contribution in [0.4, 0.5) is 23.8 Å². The molecule has 128 valence electrons. The van der Waals surface area contributed by atoms with E-state index in [0.717, 1.165) is 12.1 Å². The number of amides is 1. The number of aromatic nitrogens is 2. The van der Waals surface area contributed by atoms with Crippen molar-refractivity contribution in [3.8, 4) is 11.3 Å². The second-order valence-corrected chi connectivity index (χ2v) is 4.95. The Labute approximate surface area is 140 Å². The number of thiocarbonyl (C=S) groups is 1. The van der Waals surface area contributed by atoms with Crippen molar-refractivity contribution >= 4 is 29.2 Å². The summed E-state index contributed by atoms with van der Waals surface area (Å²) < 4.78 is 42.3. The van der Waals surface area contributed by atoms with Crippen molar-refractivity contribution in [3.63, 3.8) is 0 Å². The molecule has 0 aliphatic heterocycles. The van der Waals surface area contributed by atoms with Crippen molar-refractivity contribution in [2.75, 3.05) is 11.9 Å². The van der Waals surface area contributed by atoms with Crippen LogP contribution in [-0.4, -0.2) is 28.0 Å². The molecule has 1 heterocycles. The second kappa shape index (κ2) is 7.30. The van der Waals surface area contributed by atoms with Crippen LogP contribution >= 0.6 is 12.2 Å². The molecule has 24 heavy (non-hydrogen) atoms. The lowest BCUT2D eigenvalue weighted by Crippen LogP contribution is -2.34. The van der Waals surface area contributed by atoms with Gasteiger partial charge in [0.15, 0.2) is 10.9 Å². The summed E-state index contributed by atoms with van der Waals surface area (Å²) in [4.78, 5) is 11.2. The first kappa shape index (κ1) is 17.7. The third kappa shape index (κ3) is 4.69. The quantitative estimate of drug-likeness (QED) is 0.732. The molecule has 0 saturated carbocycles. The number of carbonyl (C=O) groups excluding carboxylic acids is 1. The smallest absolute Gasteiger partial charge is 0.416 e. The fourth-order valence-electron chi connectivity index (χ4n) is 1.78. The third-order valence-corrected chi connectivity index (χ3v) is 3.04. The van der Waals surface area contributed by atoms with Crippen LogP contribution in [0.3, 0.4) is 0 Å². The lowest BCUT2D eigenvalue weighted by Gasteiger charge is -2.07. The summed E-state index contributed by atoms with van der Waals surface area (Å²) in [6.45, 7) is 1.86. The van der Waals surface area contributed by atoms with E-state index in [0.29, 0.717) is 17.1 Å². The van der Waals surface area contributed by atoms with Crippen molar-refractivity contribution in [1.29, 1.82) is 0 Å². The molecule has 1 aromatic carbocycles. The highest BCUT2D eigenvalue weighted by Crippen LogP contribution is 2.30. The highest BCUT2D eigenvalue weighted by Gasteiger charge is 2.30. The molecule has 2 rings (SSSR count). The van der Waals surface area contributed by atoms with Gasteiger partial charge in [0.1, 0.15) is 0 Å². The Kier molecular flexibility index (Phi) is 5.39. The van der Waals surface area contributed by atoms with Crippen molar-refractivity contribution < 1.29 is 22.7 Å². The number of anilines is 1. The van der Waals surface area contributed by atoms with Crippen LogP contribution in [0.15, 0.2) is 30.3 Å². The van der Waals surface area contributed by atoms with Gasteiger partial charge in [-0.1, -0.05) is 12.1 Å². The summed E-state index contributed by atoms with van der Waals surface area (Å²) in [5.41, 5.74) is 0.280. The molecule has 0 saturated heterocycles. The number of ether oxygens (including phenoxy) is 1. The minimum atomic E-state index is -4.38. The molecule has 0 aliphatic carbocycles. The van der Waals surface area contributed by atoms with Gasteiger partial charge in [0.2, 0.25) is 0 Å². The number of alkyl carbamates (subject to hydrolysis) is 1. The Hall–Kier alpha value is -2.62. The van der Waals surface area contributed by atoms with Gasteiger partial charge >= 0.3 is 12.3 Å². The number of nitrogens with zero attached hydrogens (tertiary/aromatic N) is 1. The lowest BCUT2D eigenvalue weighted by molar-refractivity contribution is -0.137. The van der Waals surface area contributed by atoms with Gasteiger partial charge in [-0.3, -0.25) is 10.4 Å². The fraction of sp³-hybridized carbons (Fsp3) is 0.214. The van der Waals surface area contributed by atoms with Crippen molar-refractivity contribution in [3.05, 3.63) is 35.9 Å². The highest BCUT2D eigenvalue weighted by atomic mass is 32.1. The van der Waals surface area contributed by atoms with Gasteiger partial charge < -0.3 is 10.1 Å². The number of halogens is 3. The summed E-state index contributed by atoms with van der Waals surface area (Å²) in [5.74, 6) is 0.298. The molecule has 1 amide bonds. The van der Waals surface area contributed by atoms with E-state index in [4.69, 9.17) is 12.2 Å². The average Bonchev–Trinajstić information content (AvgIpc) is 2.95. The number of hydrogen-bond acceptors (Lipinski definition) is 4. The van der Waals surface area contributed by atoms with Crippen molar-refractivity contribution in [2.45, 2.75) is 13.1 Å². The zero-order chi connectivity index (χ0) is 17.7. The molecule has 0 bridgehead atoms. The standard InChI is InChI=1S/C14H13F3N4O2S/c1-2-23-13(22)19-12(24)18-11-7-10(20-21-11)8-3-5-9(6-4-8)14(15,16)17/h3-7H,2H2,1H3,(H3,18,19,20,21,22,24). The van der Waals surface area contributed by atoms with Crippen molar-refractivity contribution in [1.82, 2.24) is 15.5 Å². The van der Waals surface area contributed by atoms with Crippen LogP contribution in [-0.2, 0) is 10.9 Å². The number of H-pyrrole nitrogens is 1. The van der Waals surface area contributed by atoms with Crippen LogP contribution in [0, 0.1) is 0 Å². The van der Waals surface area contributed by atoms with Gasteiger partial charge in [0.05, 0.1) is 17.9 Å². The Morgan fingerprint density at radius 3 is 2.58 bits per heavy atom. The van der Waals surface area contributed by atoms with Gasteiger partial charge in [-0.15, -0.1) is 0 Å². The molecule has 0 spiro atoms. The van der Waals surface area contributed by atoms with Gasteiger partial charge in [-0.05, 0) is 36.8 Å². The Morgan fingerprint density at radius 2 is 2.00 bits per heavy atom. The SMILES string of the molecule is CCOC(=O)NC(=S)Nc1cc(-c2ccc(C(F)(F)F)cc2)[nH]n1. The van der Waals surface area contributed by atoms with Gasteiger partial charge in [0, 0.05) is 6.07 Å². The van der Waals surface area contributed by atoms with Crippen LogP contribution < -0.4 is 10.6 Å². The average molecular weight is 358 g/mol. The summed E-state index contributed by atoms with van der Waals surface area (Å²) in [7, 11) is 0. The number of alkyl halides is 3. The Balaban J connectivity index is 2.02. The van der Waals surface area contributed by atoms with E-state index >= 15 is 0 Å². The predicted molar refractivity (Wildman–Crippen MR) is 85.4 cm³/mol. The lowest BCUT2D eigenvalue weighted by atomic mass is 10.1. The normalized spacial score (nSPS) is 11.0. The molecule has 0 radical (unpaired) electrons. The Morgan fingerprint density at radius 1 is 1.33 bits per heavy atom. The molecule has 0 atom stereocenters. The highest BCUT2D eigenvalue weighted by molar-refractivity contribution is 7.80. The topological polar surface area (TPSA) is 79.0 Å². The molecule has 10 heteroatoms. The molecule has 3 N–H and O–H groups in total. The zero-order valence-electron chi connectivity index (χ0n) is 12.4. The first-order valence-electron chi connectivity index (χ1n) is 6.77. The number of carbonyl (C=O) groups is 1. The van der Waals surface area contributed by atoms with Crippen LogP contribution in [0.2, 0.25) is 0 Å². The third-order valence-electron chi connectivity index (χ3n) is 2.83. The number of rotatable bonds is 3. The van der Waals surface area contributed by atoms with Crippen molar-refractivity contribution in [2.24, 2.45) is 0 Å². The van der Waals surface area contributed by atoms with Crippen LogP contribution in [0.5, 0.6) is 0 Å². The molecule has 1 aromatic heterocycles. The maximum absolute atomic E-state index is 12.5. The summed E-state index contributed by atoms with van der Waals surface area (Å²) >= 11 is 4.91. The van der Waals surface area contributed by atoms with E-state index < -0.39 is 17.8 Å². The number of nitrogens with one attached hydrogen (secondary N) is 3. The molecule has 0 fully saturated rings. The molecule has 0 aliphatic rings. The van der Waals surface area contributed by atoms with Crippen LogP contribution in [0.25, 0.3) is 11.3 Å². The maximum Gasteiger partial charge on any atom is 0.416 e. The van der Waals surface area contributed by atoms with Gasteiger partial charge in [0.25, 0.3) is 0 Å². The number of hydrogen-bond donors (Lipinski definition) is 3. The predicted octanol–water partition coefficient (Wildman–Crippen LogP) is 3.54. The largest absolute Gasteiger partial charge is 0.450 e. The van der Waals surface area contributed by atoms with E-state index in [1.54, 1.807) is 13.0 Å². The molecule has 0 unspecified atom stereocenters.